The molecule has 0 aliphatic heterocycles. The number of rotatable bonds is 9. The molecule has 0 fully saturated rings. The van der Waals surface area contributed by atoms with E-state index < -0.39 is 23.9 Å². The Hall–Kier alpha value is -3.09. The van der Waals surface area contributed by atoms with Gasteiger partial charge in [0.15, 0.2) is 17.1 Å². The van der Waals surface area contributed by atoms with E-state index in [1.807, 2.05) is 19.9 Å². The second kappa shape index (κ2) is 11.1. The molecule has 0 aliphatic rings. The van der Waals surface area contributed by atoms with Crippen LogP contribution in [-0.2, 0) is 16.6 Å². The second-order valence-corrected chi connectivity index (χ2v) is 9.89. The van der Waals surface area contributed by atoms with Gasteiger partial charge in [-0.2, -0.15) is 0 Å². The first-order valence-electron chi connectivity index (χ1n) is 10.3. The number of primary amides is 1. The Labute approximate surface area is 215 Å². The third kappa shape index (κ3) is 5.95. The van der Waals surface area contributed by atoms with Crippen LogP contribution in [-0.4, -0.2) is 45.4 Å². The number of carbonyl (C=O) groups excluding carboxylic acids is 3. The summed E-state index contributed by atoms with van der Waals surface area (Å²) in [6.45, 7) is 5.31. The van der Waals surface area contributed by atoms with Crippen molar-refractivity contribution in [1.29, 1.82) is 0 Å². The number of aryl methyl sites for hydroxylation is 1. The van der Waals surface area contributed by atoms with Gasteiger partial charge in [0.2, 0.25) is 5.91 Å². The number of thioether (sulfide) groups is 1. The molecule has 1 unspecified atom stereocenters. The van der Waals surface area contributed by atoms with Crippen LogP contribution in [0.2, 0.25) is 5.02 Å². The number of nitrogens with two attached hydrogens (primary N) is 1. The first-order chi connectivity index (χ1) is 16.5. The van der Waals surface area contributed by atoms with Crippen LogP contribution >= 0.6 is 34.7 Å². The predicted octanol–water partition coefficient (Wildman–Crippen LogP) is 3.90. The Bertz CT molecular complexity index is 1290. The zero-order valence-electron chi connectivity index (χ0n) is 19.7. The molecule has 0 bridgehead atoms. The van der Waals surface area contributed by atoms with Crippen LogP contribution in [0, 0.1) is 13.8 Å². The van der Waals surface area contributed by atoms with E-state index >= 15 is 0 Å². The molecule has 0 radical (unpaired) electrons. The largest absolute Gasteiger partial charge is 0.483 e. The Morgan fingerprint density at radius 3 is 2.63 bits per heavy atom. The molecule has 0 saturated heterocycles. The highest BCUT2D eigenvalue weighted by Crippen LogP contribution is 2.34. The first kappa shape index (κ1) is 26.5. The smallest absolute Gasteiger partial charge is 0.341 e. The van der Waals surface area contributed by atoms with Gasteiger partial charge >= 0.3 is 5.97 Å². The number of amides is 2. The van der Waals surface area contributed by atoms with E-state index in [1.165, 1.54) is 7.11 Å². The number of carbonyl (C=O) groups is 3. The Kier molecular flexibility index (Phi) is 8.41. The third-order valence-electron chi connectivity index (χ3n) is 5.02. The van der Waals surface area contributed by atoms with Crippen LogP contribution in [0.25, 0.3) is 0 Å². The van der Waals surface area contributed by atoms with Gasteiger partial charge in [-0.1, -0.05) is 23.4 Å². The monoisotopic (exact) mass is 537 g/mol. The summed E-state index contributed by atoms with van der Waals surface area (Å²) in [5.74, 6) is -0.544. The number of ether oxygens (including phenoxy) is 2. The number of benzene rings is 1. The zero-order chi connectivity index (χ0) is 25.9. The summed E-state index contributed by atoms with van der Waals surface area (Å²) in [7, 11) is 3.00. The second-order valence-electron chi connectivity index (χ2n) is 7.52. The van der Waals surface area contributed by atoms with E-state index in [2.05, 4.69) is 15.5 Å². The van der Waals surface area contributed by atoms with Crippen molar-refractivity contribution in [3.8, 4) is 5.75 Å². The SMILES string of the molecule is COC(=O)c1c(NC(=O)CSc2nnc(C(C)Oc3ccc(Cl)c(C)c3)n2C)sc(C(N)=O)c1C. The summed E-state index contributed by atoms with van der Waals surface area (Å²) in [5.41, 5.74) is 6.74. The molecule has 10 nitrogen and oxygen atoms in total. The van der Waals surface area contributed by atoms with Gasteiger partial charge in [0.25, 0.3) is 5.91 Å². The fourth-order valence-electron chi connectivity index (χ4n) is 3.23. The van der Waals surface area contributed by atoms with Crippen LogP contribution in [0.15, 0.2) is 23.4 Å². The molecule has 2 heterocycles. The Morgan fingerprint density at radius 1 is 1.29 bits per heavy atom. The molecule has 186 valence electrons. The van der Waals surface area contributed by atoms with E-state index in [-0.39, 0.29) is 21.2 Å². The van der Waals surface area contributed by atoms with Gasteiger partial charge in [-0.15, -0.1) is 21.5 Å². The number of aromatic nitrogens is 3. The number of nitrogens with zero attached hydrogens (tertiary/aromatic N) is 3. The zero-order valence-corrected chi connectivity index (χ0v) is 22.1. The quantitative estimate of drug-likeness (QED) is 0.309. The molecule has 2 aromatic heterocycles. The van der Waals surface area contributed by atoms with E-state index in [9.17, 15) is 14.4 Å². The van der Waals surface area contributed by atoms with E-state index in [0.717, 1.165) is 28.7 Å². The predicted molar refractivity (Wildman–Crippen MR) is 135 cm³/mol. The van der Waals surface area contributed by atoms with Crippen molar-refractivity contribution in [2.75, 3.05) is 18.2 Å². The molecule has 2 amide bonds. The molecule has 0 spiro atoms. The molecule has 35 heavy (non-hydrogen) atoms. The minimum atomic E-state index is -0.691. The van der Waals surface area contributed by atoms with Gasteiger partial charge in [0.05, 0.1) is 23.3 Å². The molecular weight excluding hydrogens is 514 g/mol. The van der Waals surface area contributed by atoms with Crippen molar-refractivity contribution < 1.29 is 23.9 Å². The van der Waals surface area contributed by atoms with Gasteiger partial charge in [-0.3, -0.25) is 9.59 Å². The molecule has 3 rings (SSSR count). The molecule has 0 aliphatic carbocycles. The standard InChI is InChI=1S/C22H24ClN5O5S2/c1-10-8-13(6-7-14(10)23)33-12(3)19-26-27-22(28(19)4)34-9-15(29)25-20-16(21(31)32-5)11(2)17(35-20)18(24)30/h6-8,12H,9H2,1-5H3,(H2,24,30)(H,25,29). The maximum absolute atomic E-state index is 12.6. The van der Waals surface area contributed by atoms with Crippen molar-refractivity contribution in [2.24, 2.45) is 12.8 Å². The third-order valence-corrected chi connectivity index (χ3v) is 7.69. The molecule has 3 N–H and O–H groups in total. The normalized spacial score (nSPS) is 11.7. The topological polar surface area (TPSA) is 138 Å². The molecular formula is C22H24ClN5O5S2. The Balaban J connectivity index is 1.67. The van der Waals surface area contributed by atoms with Crippen molar-refractivity contribution in [2.45, 2.75) is 32.0 Å². The lowest BCUT2D eigenvalue weighted by molar-refractivity contribution is -0.113. The summed E-state index contributed by atoms with van der Waals surface area (Å²) in [6, 6.07) is 5.39. The summed E-state index contributed by atoms with van der Waals surface area (Å²) in [6.07, 6.45) is -0.403. The lowest BCUT2D eigenvalue weighted by Gasteiger charge is -2.15. The van der Waals surface area contributed by atoms with E-state index in [0.29, 0.717) is 27.3 Å². The van der Waals surface area contributed by atoms with Gasteiger partial charge in [0.1, 0.15) is 10.8 Å². The van der Waals surface area contributed by atoms with Gasteiger partial charge in [0, 0.05) is 12.1 Å². The molecule has 13 heteroatoms. The number of anilines is 1. The summed E-state index contributed by atoms with van der Waals surface area (Å²) in [5, 5.41) is 12.4. The average molecular weight is 538 g/mol. The lowest BCUT2D eigenvalue weighted by atomic mass is 10.1. The fraction of sp³-hybridized carbons (Fsp3) is 0.318. The highest BCUT2D eigenvalue weighted by atomic mass is 35.5. The number of hydrogen-bond acceptors (Lipinski definition) is 9. The van der Waals surface area contributed by atoms with E-state index in [4.69, 9.17) is 26.8 Å². The van der Waals surface area contributed by atoms with Gasteiger partial charge in [-0.05, 0) is 50.1 Å². The molecule has 1 aromatic carbocycles. The van der Waals surface area contributed by atoms with Crippen molar-refractivity contribution in [3.63, 3.8) is 0 Å². The summed E-state index contributed by atoms with van der Waals surface area (Å²) >= 11 is 8.16. The first-order valence-corrected chi connectivity index (χ1v) is 12.5. The van der Waals surface area contributed by atoms with Crippen molar-refractivity contribution >= 4 is 57.5 Å². The lowest BCUT2D eigenvalue weighted by Crippen LogP contribution is -2.16. The number of thiophene rings is 1. The average Bonchev–Trinajstić information content (AvgIpc) is 3.33. The maximum Gasteiger partial charge on any atom is 0.341 e. The van der Waals surface area contributed by atoms with Crippen LogP contribution in [0.1, 0.15) is 50.0 Å². The van der Waals surface area contributed by atoms with Crippen molar-refractivity contribution in [1.82, 2.24) is 14.8 Å². The Morgan fingerprint density at radius 2 is 2.00 bits per heavy atom. The van der Waals surface area contributed by atoms with Gasteiger partial charge < -0.3 is 25.1 Å². The van der Waals surface area contributed by atoms with Gasteiger partial charge in [-0.25, -0.2) is 4.79 Å². The van der Waals surface area contributed by atoms with Crippen molar-refractivity contribution in [3.05, 3.63) is 50.6 Å². The highest BCUT2D eigenvalue weighted by molar-refractivity contribution is 7.99. The van der Waals surface area contributed by atoms with E-state index in [1.54, 1.807) is 30.7 Å². The molecule has 0 saturated carbocycles. The van der Waals surface area contributed by atoms with Crippen LogP contribution < -0.4 is 15.8 Å². The molecule has 3 aromatic rings. The van der Waals surface area contributed by atoms with Crippen LogP contribution in [0.5, 0.6) is 5.75 Å². The maximum atomic E-state index is 12.6. The minimum absolute atomic E-state index is 0.0128. The minimum Gasteiger partial charge on any atom is -0.483 e. The fourth-order valence-corrected chi connectivity index (χ4v) is 5.13. The number of hydrogen-bond donors (Lipinski definition) is 2. The number of nitrogens with one attached hydrogen (secondary N) is 1. The summed E-state index contributed by atoms with van der Waals surface area (Å²) < 4.78 is 12.5. The number of methoxy groups -OCH3 is 1. The summed E-state index contributed by atoms with van der Waals surface area (Å²) in [4.78, 5) is 36.6. The number of halogens is 1. The number of esters is 1. The van der Waals surface area contributed by atoms with Crippen LogP contribution in [0.4, 0.5) is 5.00 Å². The highest BCUT2D eigenvalue weighted by Gasteiger charge is 2.25. The van der Waals surface area contributed by atoms with Crippen LogP contribution in [0.3, 0.4) is 0 Å². The molecule has 1 atom stereocenters.